The molecule has 10 heteroatoms. The SMILES string of the molecule is O=C(COc1ccccc1[N+](=O)[O-])NCC(=O)Nc1ccc(F)c(F)c1. The summed E-state index contributed by atoms with van der Waals surface area (Å²) in [5, 5.41) is 15.3. The van der Waals surface area contributed by atoms with Crippen molar-refractivity contribution in [2.75, 3.05) is 18.5 Å². The van der Waals surface area contributed by atoms with E-state index in [1.807, 2.05) is 0 Å². The second-order valence-electron chi connectivity index (χ2n) is 4.97. The van der Waals surface area contributed by atoms with E-state index >= 15 is 0 Å². The molecule has 2 aromatic carbocycles. The standard InChI is InChI=1S/C16H13F2N3O5/c17-11-6-5-10(7-12(11)18)20-15(22)8-19-16(23)9-26-14-4-2-1-3-13(14)21(24)25/h1-7H,8-9H2,(H,19,23)(H,20,22). The smallest absolute Gasteiger partial charge is 0.310 e. The average molecular weight is 365 g/mol. The van der Waals surface area contributed by atoms with E-state index in [0.29, 0.717) is 0 Å². The number of hydrogen-bond donors (Lipinski definition) is 2. The van der Waals surface area contributed by atoms with Gasteiger partial charge in [0.05, 0.1) is 11.5 Å². The molecule has 0 aliphatic rings. The Morgan fingerprint density at radius 1 is 1.08 bits per heavy atom. The Hall–Kier alpha value is -3.56. The Bertz CT molecular complexity index is 844. The van der Waals surface area contributed by atoms with Crippen molar-refractivity contribution in [3.05, 3.63) is 64.2 Å². The summed E-state index contributed by atoms with van der Waals surface area (Å²) in [5.41, 5.74) is -0.268. The lowest BCUT2D eigenvalue weighted by atomic mass is 10.3. The van der Waals surface area contributed by atoms with Gasteiger partial charge in [-0.25, -0.2) is 8.78 Å². The van der Waals surface area contributed by atoms with Crippen molar-refractivity contribution in [2.45, 2.75) is 0 Å². The fourth-order valence-corrected chi connectivity index (χ4v) is 1.88. The molecule has 0 aromatic heterocycles. The Morgan fingerprint density at radius 3 is 2.50 bits per heavy atom. The molecule has 2 amide bonds. The van der Waals surface area contributed by atoms with E-state index < -0.39 is 41.5 Å². The summed E-state index contributed by atoms with van der Waals surface area (Å²) in [4.78, 5) is 33.5. The van der Waals surface area contributed by atoms with Crippen LogP contribution in [0.15, 0.2) is 42.5 Å². The van der Waals surface area contributed by atoms with E-state index in [1.165, 1.54) is 24.3 Å². The van der Waals surface area contributed by atoms with Gasteiger partial charge in [-0.3, -0.25) is 19.7 Å². The number of para-hydroxylation sites is 2. The zero-order valence-electron chi connectivity index (χ0n) is 13.2. The number of nitrogens with one attached hydrogen (secondary N) is 2. The molecule has 0 unspecified atom stereocenters. The summed E-state index contributed by atoms with van der Waals surface area (Å²) in [5.74, 6) is -3.62. The van der Waals surface area contributed by atoms with Crippen LogP contribution in [-0.4, -0.2) is 29.9 Å². The van der Waals surface area contributed by atoms with Crippen LogP contribution in [-0.2, 0) is 9.59 Å². The molecule has 8 nitrogen and oxygen atoms in total. The number of nitro benzene ring substituents is 1. The highest BCUT2D eigenvalue weighted by molar-refractivity contribution is 5.94. The Kier molecular flexibility index (Phi) is 6.15. The number of carbonyl (C=O) groups is 2. The lowest BCUT2D eigenvalue weighted by Gasteiger charge is -2.08. The van der Waals surface area contributed by atoms with Gasteiger partial charge >= 0.3 is 5.69 Å². The van der Waals surface area contributed by atoms with E-state index in [2.05, 4.69) is 10.6 Å². The highest BCUT2D eigenvalue weighted by Gasteiger charge is 2.15. The van der Waals surface area contributed by atoms with Gasteiger partial charge in [0.15, 0.2) is 24.0 Å². The molecule has 0 heterocycles. The van der Waals surface area contributed by atoms with E-state index in [-0.39, 0.29) is 17.1 Å². The van der Waals surface area contributed by atoms with Crippen LogP contribution in [0, 0.1) is 21.7 Å². The predicted molar refractivity (Wildman–Crippen MR) is 86.6 cm³/mol. The molecule has 136 valence electrons. The molecule has 0 fully saturated rings. The Balaban J connectivity index is 1.80. The van der Waals surface area contributed by atoms with Gasteiger partial charge in [-0.05, 0) is 18.2 Å². The van der Waals surface area contributed by atoms with E-state index in [9.17, 15) is 28.5 Å². The molecule has 0 saturated carbocycles. The average Bonchev–Trinajstić information content (AvgIpc) is 2.61. The first-order valence-electron chi connectivity index (χ1n) is 7.24. The number of nitro groups is 1. The van der Waals surface area contributed by atoms with Crippen LogP contribution in [0.3, 0.4) is 0 Å². The molecule has 0 bridgehead atoms. The van der Waals surface area contributed by atoms with Gasteiger partial charge in [-0.15, -0.1) is 0 Å². The lowest BCUT2D eigenvalue weighted by Crippen LogP contribution is -2.35. The molecule has 0 radical (unpaired) electrons. The minimum Gasteiger partial charge on any atom is -0.477 e. The van der Waals surface area contributed by atoms with E-state index in [1.54, 1.807) is 0 Å². The fraction of sp³-hybridized carbons (Fsp3) is 0.125. The number of carbonyl (C=O) groups excluding carboxylic acids is 2. The predicted octanol–water partition coefficient (Wildman–Crippen LogP) is 2.01. The minimum absolute atomic E-state index is 0.0271. The number of anilines is 1. The quantitative estimate of drug-likeness (QED) is 0.576. The number of halogens is 2. The largest absolute Gasteiger partial charge is 0.477 e. The van der Waals surface area contributed by atoms with Crippen LogP contribution in [0.2, 0.25) is 0 Å². The Labute approximate surface area is 145 Å². The van der Waals surface area contributed by atoms with Crippen LogP contribution in [0.4, 0.5) is 20.2 Å². The molecular formula is C16H13F2N3O5. The molecule has 0 saturated heterocycles. The van der Waals surface area contributed by atoms with Crippen molar-refractivity contribution in [3.63, 3.8) is 0 Å². The maximum atomic E-state index is 13.0. The first-order valence-corrected chi connectivity index (χ1v) is 7.24. The molecule has 2 N–H and O–H groups in total. The van der Waals surface area contributed by atoms with Crippen LogP contribution in [0.5, 0.6) is 5.75 Å². The third-order valence-corrected chi connectivity index (χ3v) is 3.07. The summed E-state index contributed by atoms with van der Waals surface area (Å²) in [6, 6.07) is 8.33. The summed E-state index contributed by atoms with van der Waals surface area (Å²) in [6.45, 7) is -0.985. The van der Waals surface area contributed by atoms with E-state index in [0.717, 1.165) is 18.2 Å². The fourth-order valence-electron chi connectivity index (χ4n) is 1.88. The van der Waals surface area contributed by atoms with Gasteiger partial charge < -0.3 is 15.4 Å². The van der Waals surface area contributed by atoms with Crippen LogP contribution >= 0.6 is 0 Å². The second kappa shape index (κ2) is 8.51. The Morgan fingerprint density at radius 2 is 1.81 bits per heavy atom. The molecule has 2 aromatic rings. The van der Waals surface area contributed by atoms with Gasteiger partial charge in [0.25, 0.3) is 5.91 Å². The van der Waals surface area contributed by atoms with Crippen molar-refractivity contribution in [2.24, 2.45) is 0 Å². The number of rotatable bonds is 7. The molecule has 0 spiro atoms. The highest BCUT2D eigenvalue weighted by atomic mass is 19.2. The highest BCUT2D eigenvalue weighted by Crippen LogP contribution is 2.25. The van der Waals surface area contributed by atoms with Gasteiger partial charge in [-0.1, -0.05) is 12.1 Å². The zero-order chi connectivity index (χ0) is 19.1. The lowest BCUT2D eigenvalue weighted by molar-refractivity contribution is -0.385. The van der Waals surface area contributed by atoms with Crippen molar-refractivity contribution in [1.29, 1.82) is 0 Å². The van der Waals surface area contributed by atoms with Crippen LogP contribution < -0.4 is 15.4 Å². The van der Waals surface area contributed by atoms with E-state index in [4.69, 9.17) is 4.74 Å². The van der Waals surface area contributed by atoms with Crippen LogP contribution in [0.1, 0.15) is 0 Å². The molecular weight excluding hydrogens is 352 g/mol. The maximum absolute atomic E-state index is 13.0. The third-order valence-electron chi connectivity index (χ3n) is 3.07. The summed E-state index contributed by atoms with van der Waals surface area (Å²) in [6.07, 6.45) is 0. The number of nitrogens with zero attached hydrogens (tertiary/aromatic N) is 1. The van der Waals surface area contributed by atoms with Crippen molar-refractivity contribution in [3.8, 4) is 5.75 Å². The van der Waals surface area contributed by atoms with Gasteiger partial charge in [0, 0.05) is 17.8 Å². The number of amides is 2. The van der Waals surface area contributed by atoms with Gasteiger partial charge in [0.1, 0.15) is 0 Å². The monoisotopic (exact) mass is 365 g/mol. The third kappa shape index (κ3) is 5.23. The zero-order valence-corrected chi connectivity index (χ0v) is 13.2. The topological polar surface area (TPSA) is 111 Å². The van der Waals surface area contributed by atoms with Gasteiger partial charge in [-0.2, -0.15) is 0 Å². The number of benzene rings is 2. The van der Waals surface area contributed by atoms with Crippen molar-refractivity contribution < 1.29 is 28.0 Å². The van der Waals surface area contributed by atoms with Crippen molar-refractivity contribution >= 4 is 23.2 Å². The molecule has 2 rings (SSSR count). The first-order chi connectivity index (χ1) is 12.4. The molecule has 0 aliphatic carbocycles. The first kappa shape index (κ1) is 18.8. The normalized spacial score (nSPS) is 10.1. The maximum Gasteiger partial charge on any atom is 0.310 e. The second-order valence-corrected chi connectivity index (χ2v) is 4.97. The van der Waals surface area contributed by atoms with Crippen molar-refractivity contribution in [1.82, 2.24) is 5.32 Å². The molecule has 0 atom stereocenters. The van der Waals surface area contributed by atoms with Gasteiger partial charge in [0.2, 0.25) is 5.91 Å². The summed E-state index contributed by atoms with van der Waals surface area (Å²) in [7, 11) is 0. The number of ether oxygens (including phenoxy) is 1. The number of hydrogen-bond acceptors (Lipinski definition) is 5. The molecule has 0 aliphatic heterocycles. The molecule has 26 heavy (non-hydrogen) atoms. The summed E-state index contributed by atoms with van der Waals surface area (Å²) >= 11 is 0. The van der Waals surface area contributed by atoms with Crippen LogP contribution in [0.25, 0.3) is 0 Å². The minimum atomic E-state index is -1.12. The summed E-state index contributed by atoms with van der Waals surface area (Å²) < 4.78 is 30.9.